The van der Waals surface area contributed by atoms with Gasteiger partial charge in [0.1, 0.15) is 11.5 Å². The van der Waals surface area contributed by atoms with E-state index in [1.54, 1.807) is 0 Å². The average Bonchev–Trinajstić information content (AvgIpc) is 3.23. The molecule has 1 amide bonds. The maximum atomic E-state index is 13.5. The number of carbonyl (C=O) groups excluding carboxylic acids is 1. The molecule has 152 valence electrons. The van der Waals surface area contributed by atoms with Gasteiger partial charge < -0.3 is 10.0 Å². The summed E-state index contributed by atoms with van der Waals surface area (Å²) in [6.45, 7) is 2.42. The predicted octanol–water partition coefficient (Wildman–Crippen LogP) is 2.61. The minimum Gasteiger partial charge on any atom is -0.393 e. The van der Waals surface area contributed by atoms with E-state index in [2.05, 4.69) is 4.99 Å². The van der Waals surface area contributed by atoms with Crippen LogP contribution in [0.25, 0.3) is 0 Å². The Labute approximate surface area is 164 Å². The van der Waals surface area contributed by atoms with Gasteiger partial charge in [0, 0.05) is 24.7 Å². The number of hydrogen-bond donors (Lipinski definition) is 1. The molecule has 2 unspecified atom stereocenters. The third-order valence-electron chi connectivity index (χ3n) is 5.30. The van der Waals surface area contributed by atoms with E-state index in [1.807, 2.05) is 6.92 Å². The Morgan fingerprint density at radius 1 is 1.28 bits per heavy atom. The summed E-state index contributed by atoms with van der Waals surface area (Å²) >= 11 is 0. The molecule has 1 aromatic carbocycles. The number of halogens is 4. The third-order valence-corrected chi connectivity index (χ3v) is 5.30. The smallest absolute Gasteiger partial charge is 0.393 e. The molecule has 1 N–H and O–H groups in total. The molecule has 1 aromatic rings. The second-order valence-corrected chi connectivity index (χ2v) is 7.35. The van der Waals surface area contributed by atoms with Crippen LogP contribution in [-0.2, 0) is 4.79 Å². The molecule has 0 saturated carbocycles. The normalized spacial score (nSPS) is 24.3. The number of likely N-dealkylation sites (tertiary alicyclic amines) is 1. The van der Waals surface area contributed by atoms with E-state index < -0.39 is 29.6 Å². The number of allylic oxidation sites excluding steroid dienone is 1. The highest BCUT2D eigenvalue weighted by Crippen LogP contribution is 2.34. The predicted molar refractivity (Wildman–Crippen MR) is 96.8 cm³/mol. The van der Waals surface area contributed by atoms with Crippen molar-refractivity contribution in [2.24, 2.45) is 10.9 Å². The highest BCUT2D eigenvalue weighted by Gasteiger charge is 2.50. The number of rotatable bonds is 2. The molecule has 1 saturated heterocycles. The van der Waals surface area contributed by atoms with Crippen LogP contribution in [0.1, 0.15) is 18.9 Å². The van der Waals surface area contributed by atoms with E-state index >= 15 is 0 Å². The first-order chi connectivity index (χ1) is 13.6. The Morgan fingerprint density at radius 2 is 1.97 bits per heavy atom. The van der Waals surface area contributed by atoms with E-state index in [0.717, 1.165) is 18.2 Å². The third kappa shape index (κ3) is 3.50. The lowest BCUT2D eigenvalue weighted by atomic mass is 9.96. The zero-order valence-corrected chi connectivity index (χ0v) is 15.4. The number of aliphatic imine (C=N–C) groups is 1. The van der Waals surface area contributed by atoms with Gasteiger partial charge in [0.15, 0.2) is 11.8 Å². The first-order valence-corrected chi connectivity index (χ1v) is 9.14. The van der Waals surface area contributed by atoms with Crippen molar-refractivity contribution in [2.45, 2.75) is 25.6 Å². The van der Waals surface area contributed by atoms with Gasteiger partial charge in [-0.3, -0.25) is 4.79 Å². The molecule has 0 radical (unpaired) electrons. The number of aliphatic hydroxyl groups excluding tert-OH is 1. The van der Waals surface area contributed by atoms with E-state index in [-0.39, 0.29) is 23.2 Å². The molecular formula is C20H18F4N3O2+. The van der Waals surface area contributed by atoms with E-state index in [9.17, 15) is 27.5 Å². The largest absolute Gasteiger partial charge is 0.424 e. The van der Waals surface area contributed by atoms with Crippen LogP contribution < -0.4 is 0 Å². The van der Waals surface area contributed by atoms with Gasteiger partial charge in [0.05, 0.1) is 6.10 Å². The van der Waals surface area contributed by atoms with Crippen LogP contribution >= 0.6 is 0 Å². The van der Waals surface area contributed by atoms with Gasteiger partial charge in [0.25, 0.3) is 5.70 Å². The number of benzene rings is 1. The Morgan fingerprint density at radius 3 is 2.59 bits per heavy atom. The molecule has 29 heavy (non-hydrogen) atoms. The number of amides is 1. The SMILES string of the molecule is CC1CN(C(=O)C2=C[N+]3=C(c4ccc(F)cc4)C=C(C(F)(F)F)C3=N2)CCC1O. The first-order valence-electron chi connectivity index (χ1n) is 9.14. The Balaban J connectivity index is 1.71. The summed E-state index contributed by atoms with van der Waals surface area (Å²) in [5.41, 5.74) is -0.518. The van der Waals surface area contributed by atoms with E-state index in [1.165, 1.54) is 27.8 Å². The number of alkyl halides is 3. The Hall–Kier alpha value is -2.81. The lowest BCUT2D eigenvalue weighted by Gasteiger charge is -2.33. The summed E-state index contributed by atoms with van der Waals surface area (Å²) in [5, 5.41) is 9.83. The Bertz CT molecular complexity index is 990. The van der Waals surface area contributed by atoms with Crippen LogP contribution in [-0.4, -0.2) is 57.4 Å². The van der Waals surface area contributed by atoms with Crippen LogP contribution in [0.5, 0.6) is 0 Å². The van der Waals surface area contributed by atoms with Gasteiger partial charge in [-0.2, -0.15) is 17.7 Å². The molecule has 3 aliphatic heterocycles. The van der Waals surface area contributed by atoms with Gasteiger partial charge in [-0.05, 0) is 41.6 Å². The maximum absolute atomic E-state index is 13.5. The molecule has 3 heterocycles. The lowest BCUT2D eigenvalue weighted by Crippen LogP contribution is -2.45. The Kier molecular flexibility index (Phi) is 4.65. The van der Waals surface area contributed by atoms with Crippen molar-refractivity contribution in [3.8, 4) is 0 Å². The zero-order valence-electron chi connectivity index (χ0n) is 15.4. The molecule has 2 atom stereocenters. The molecule has 4 rings (SSSR count). The fraction of sp³-hybridized carbons (Fsp3) is 0.350. The van der Waals surface area contributed by atoms with Crippen LogP contribution in [0.3, 0.4) is 0 Å². The molecule has 3 aliphatic rings. The number of nitrogens with zero attached hydrogens (tertiary/aromatic N) is 3. The summed E-state index contributed by atoms with van der Waals surface area (Å²) < 4.78 is 55.0. The molecule has 0 aromatic heterocycles. The monoisotopic (exact) mass is 408 g/mol. The topological polar surface area (TPSA) is 55.9 Å². The van der Waals surface area contributed by atoms with Gasteiger partial charge in [-0.25, -0.2) is 4.39 Å². The quantitative estimate of drug-likeness (QED) is 0.604. The fourth-order valence-corrected chi connectivity index (χ4v) is 3.66. The van der Waals surface area contributed by atoms with Crippen molar-refractivity contribution < 1.29 is 32.0 Å². The molecule has 5 nitrogen and oxygen atoms in total. The number of hydrogen-bond acceptors (Lipinski definition) is 3. The average molecular weight is 408 g/mol. The molecular weight excluding hydrogens is 390 g/mol. The molecule has 0 bridgehead atoms. The second-order valence-electron chi connectivity index (χ2n) is 7.35. The summed E-state index contributed by atoms with van der Waals surface area (Å²) in [6, 6.07) is 5.06. The van der Waals surface area contributed by atoms with Crippen molar-refractivity contribution in [2.75, 3.05) is 13.1 Å². The van der Waals surface area contributed by atoms with Crippen LogP contribution in [0.2, 0.25) is 0 Å². The molecule has 0 aliphatic carbocycles. The second kappa shape index (κ2) is 6.91. The van der Waals surface area contributed by atoms with Crippen molar-refractivity contribution in [3.63, 3.8) is 0 Å². The maximum Gasteiger partial charge on any atom is 0.424 e. The van der Waals surface area contributed by atoms with Gasteiger partial charge in [-0.1, -0.05) is 6.92 Å². The van der Waals surface area contributed by atoms with Crippen molar-refractivity contribution in [1.82, 2.24) is 4.90 Å². The summed E-state index contributed by atoms with van der Waals surface area (Å²) in [6.07, 6.45) is -2.54. The van der Waals surface area contributed by atoms with Crippen molar-refractivity contribution in [1.29, 1.82) is 0 Å². The van der Waals surface area contributed by atoms with Crippen LogP contribution in [0.4, 0.5) is 17.6 Å². The highest BCUT2D eigenvalue weighted by molar-refractivity contribution is 6.19. The van der Waals surface area contributed by atoms with E-state index in [0.29, 0.717) is 25.1 Å². The zero-order chi connectivity index (χ0) is 20.9. The van der Waals surface area contributed by atoms with Crippen molar-refractivity contribution >= 4 is 17.5 Å². The molecule has 9 heteroatoms. The summed E-state index contributed by atoms with van der Waals surface area (Å²) in [5.74, 6) is -1.49. The van der Waals surface area contributed by atoms with Crippen LogP contribution in [0, 0.1) is 11.7 Å². The first kappa shape index (κ1) is 19.5. The number of carbonyl (C=O) groups is 1. The number of fused-ring (bicyclic) bond motifs is 1. The molecule has 0 spiro atoms. The summed E-state index contributed by atoms with van der Waals surface area (Å²) in [4.78, 5) is 18.3. The van der Waals surface area contributed by atoms with Crippen LogP contribution in [0.15, 0.2) is 52.8 Å². The minimum atomic E-state index is -4.66. The number of amidine groups is 1. The lowest BCUT2D eigenvalue weighted by molar-refractivity contribution is -0.317. The molecule has 1 fully saturated rings. The number of piperidine rings is 1. The highest BCUT2D eigenvalue weighted by atomic mass is 19.4. The van der Waals surface area contributed by atoms with E-state index in [4.69, 9.17) is 0 Å². The summed E-state index contributed by atoms with van der Waals surface area (Å²) in [7, 11) is 0. The van der Waals surface area contributed by atoms with Gasteiger partial charge in [0.2, 0.25) is 0 Å². The minimum absolute atomic E-state index is 0.0990. The van der Waals surface area contributed by atoms with Gasteiger partial charge >= 0.3 is 17.9 Å². The van der Waals surface area contributed by atoms with Crippen molar-refractivity contribution in [3.05, 3.63) is 59.2 Å². The fourth-order valence-electron chi connectivity index (χ4n) is 3.66. The number of aliphatic hydroxyl groups is 1. The van der Waals surface area contributed by atoms with Gasteiger partial charge in [-0.15, -0.1) is 0 Å². The standard InChI is InChI=1S/C20H18F4N3O2/c1-11-9-26(7-6-17(11)28)19(29)15-10-27-16(12-2-4-13(21)5-3-12)8-14(18(27)25-15)20(22,23)24/h2-5,8,10-11,17,28H,6-7,9H2,1H3/q+1.